The van der Waals surface area contributed by atoms with Crippen LogP contribution in [0.4, 0.5) is 0 Å². The molecule has 0 spiro atoms. The van der Waals surface area contributed by atoms with E-state index in [4.69, 9.17) is 21.7 Å². The maximum absolute atomic E-state index is 13.2. The largest absolute Gasteiger partial charge is 0.349 e. The van der Waals surface area contributed by atoms with Crippen molar-refractivity contribution in [3.63, 3.8) is 0 Å². The second kappa shape index (κ2) is 12.4. The van der Waals surface area contributed by atoms with Gasteiger partial charge >= 0.3 is 0 Å². The number of nitrogens with two attached hydrogens (primary N) is 1. The Bertz CT molecular complexity index is 1830. The number of benzene rings is 3. The summed E-state index contributed by atoms with van der Waals surface area (Å²) in [5.74, 6) is 3.12. The number of nitrogens with zero attached hydrogens (tertiary/aromatic N) is 2. The highest BCUT2D eigenvalue weighted by Gasteiger charge is 2.45. The molecule has 3 N–H and O–H groups in total. The van der Waals surface area contributed by atoms with Gasteiger partial charge in [-0.05, 0) is 130 Å². The quantitative estimate of drug-likeness (QED) is 0.202. The standard InChI is InChI=1S/C37H43ClN4O3S/c1-24-40-33-9-5-6-10-34(33)42(24)30-21-25-11-12-26(22-30)31(25)17-20-37(28-7-3-2-4-8-28)18-15-29(16-19-37)41-36(43)27-13-14-32(38)35(23-27)46(39,44)45/h2-10,13-14,23,25-26,29-31H,11-12,15-22H2,1H3,(H,41,43)(H2,39,44,45). The smallest absolute Gasteiger partial charge is 0.251 e. The van der Waals surface area contributed by atoms with Crippen molar-refractivity contribution >= 4 is 38.6 Å². The molecule has 9 heteroatoms. The zero-order valence-electron chi connectivity index (χ0n) is 26.4. The lowest BCUT2D eigenvalue weighted by atomic mass is 9.63. The number of sulfonamides is 1. The molecule has 7 nitrogen and oxygen atoms in total. The van der Waals surface area contributed by atoms with Crippen LogP contribution in [0.5, 0.6) is 0 Å². The lowest BCUT2D eigenvalue weighted by Crippen LogP contribution is -2.42. The summed E-state index contributed by atoms with van der Waals surface area (Å²) < 4.78 is 26.4. The van der Waals surface area contributed by atoms with Crippen molar-refractivity contribution in [2.45, 2.75) is 93.5 Å². The molecule has 3 aromatic carbocycles. The van der Waals surface area contributed by atoms with Gasteiger partial charge in [-0.15, -0.1) is 0 Å². The number of carbonyl (C=O) groups excluding carboxylic acids is 1. The van der Waals surface area contributed by atoms with Crippen LogP contribution in [0.1, 0.15) is 92.0 Å². The van der Waals surface area contributed by atoms with Crippen molar-refractivity contribution in [2.75, 3.05) is 0 Å². The minimum absolute atomic E-state index is 0.0108. The molecule has 1 amide bonds. The van der Waals surface area contributed by atoms with E-state index in [2.05, 4.69) is 71.4 Å². The zero-order chi connectivity index (χ0) is 32.1. The maximum atomic E-state index is 13.2. The van der Waals surface area contributed by atoms with Crippen LogP contribution in [0.25, 0.3) is 11.0 Å². The Balaban J connectivity index is 1.03. The third-order valence-corrected chi connectivity index (χ3v) is 12.9. The predicted molar refractivity (Wildman–Crippen MR) is 182 cm³/mol. The van der Waals surface area contributed by atoms with E-state index in [1.165, 1.54) is 61.7 Å². The van der Waals surface area contributed by atoms with E-state index >= 15 is 0 Å². The summed E-state index contributed by atoms with van der Waals surface area (Å²) >= 11 is 6.04. The Morgan fingerprint density at radius 2 is 1.65 bits per heavy atom. The number of nitrogens with one attached hydrogen (secondary N) is 1. The van der Waals surface area contributed by atoms with Crippen molar-refractivity contribution < 1.29 is 13.2 Å². The lowest BCUT2D eigenvalue weighted by Gasteiger charge is -2.43. The second-order valence-corrected chi connectivity index (χ2v) is 16.0. The molecule has 46 heavy (non-hydrogen) atoms. The summed E-state index contributed by atoms with van der Waals surface area (Å²) in [5, 5.41) is 8.48. The molecule has 4 aromatic rings. The molecule has 0 aliphatic heterocycles. The van der Waals surface area contributed by atoms with Gasteiger partial charge < -0.3 is 9.88 Å². The highest BCUT2D eigenvalue weighted by atomic mass is 35.5. The first-order valence-electron chi connectivity index (χ1n) is 16.7. The van der Waals surface area contributed by atoms with Crippen LogP contribution >= 0.6 is 11.6 Å². The average Bonchev–Trinajstić information content (AvgIpc) is 3.51. The minimum Gasteiger partial charge on any atom is -0.349 e. The van der Waals surface area contributed by atoms with Crippen LogP contribution in [0.15, 0.2) is 77.7 Å². The molecule has 0 saturated heterocycles. The number of halogens is 1. The van der Waals surface area contributed by atoms with Crippen LogP contribution < -0.4 is 10.5 Å². The number of hydrogen-bond donors (Lipinski definition) is 2. The molecule has 3 fully saturated rings. The lowest BCUT2D eigenvalue weighted by molar-refractivity contribution is 0.0909. The summed E-state index contributed by atoms with van der Waals surface area (Å²) in [6.45, 7) is 2.16. The van der Waals surface area contributed by atoms with Gasteiger partial charge in [-0.3, -0.25) is 4.79 Å². The van der Waals surface area contributed by atoms with Crippen LogP contribution in [-0.4, -0.2) is 29.9 Å². The third kappa shape index (κ3) is 6.00. The van der Waals surface area contributed by atoms with Crippen molar-refractivity contribution in [1.82, 2.24) is 14.9 Å². The Morgan fingerprint density at radius 3 is 2.35 bits per heavy atom. The highest BCUT2D eigenvalue weighted by Crippen LogP contribution is 2.55. The highest BCUT2D eigenvalue weighted by molar-refractivity contribution is 7.89. The number of rotatable bonds is 8. The predicted octanol–water partition coefficient (Wildman–Crippen LogP) is 7.71. The van der Waals surface area contributed by atoms with Crippen molar-refractivity contribution in [1.29, 1.82) is 0 Å². The van der Waals surface area contributed by atoms with Gasteiger partial charge in [-0.1, -0.05) is 54.1 Å². The Labute approximate surface area is 277 Å². The number of fused-ring (bicyclic) bond motifs is 3. The molecular formula is C37H43ClN4O3S. The number of para-hydroxylation sites is 2. The summed E-state index contributed by atoms with van der Waals surface area (Å²) in [5.41, 5.74) is 4.13. The molecule has 0 radical (unpaired) electrons. The van der Waals surface area contributed by atoms with E-state index in [0.29, 0.717) is 6.04 Å². The van der Waals surface area contributed by atoms with Crippen molar-refractivity contribution in [2.24, 2.45) is 22.9 Å². The van der Waals surface area contributed by atoms with Gasteiger partial charge in [-0.2, -0.15) is 0 Å². The Morgan fingerprint density at radius 1 is 0.978 bits per heavy atom. The van der Waals surface area contributed by atoms with Crippen LogP contribution in [-0.2, 0) is 15.4 Å². The van der Waals surface area contributed by atoms with Gasteiger partial charge in [0.05, 0.1) is 16.1 Å². The SMILES string of the molecule is Cc1nc2ccccc2n1C1CC2CCC(C1)C2CCC1(c2ccccc2)CCC(NC(=O)c2ccc(Cl)c(S(N)(=O)=O)c2)CC1. The normalized spacial score (nSPS) is 27.9. The number of hydrogen-bond acceptors (Lipinski definition) is 4. The summed E-state index contributed by atoms with van der Waals surface area (Å²) in [6, 6.07) is 24.3. The molecular weight excluding hydrogens is 616 g/mol. The van der Waals surface area contributed by atoms with E-state index in [0.717, 1.165) is 54.8 Å². The number of amides is 1. The summed E-state index contributed by atoms with van der Waals surface area (Å²) in [6.07, 6.45) is 11.3. The minimum atomic E-state index is -4.03. The van der Waals surface area contributed by atoms with E-state index in [1.807, 2.05) is 0 Å². The molecule has 1 heterocycles. The first-order valence-corrected chi connectivity index (χ1v) is 18.7. The second-order valence-electron chi connectivity index (χ2n) is 14.0. The third-order valence-electron chi connectivity index (χ3n) is 11.5. The van der Waals surface area contributed by atoms with Gasteiger partial charge in [0.15, 0.2) is 0 Å². The monoisotopic (exact) mass is 658 g/mol. The molecule has 7 rings (SSSR count). The number of aryl methyl sites for hydroxylation is 1. The zero-order valence-corrected chi connectivity index (χ0v) is 27.9. The first kappa shape index (κ1) is 31.4. The van der Waals surface area contributed by atoms with Crippen LogP contribution in [0.3, 0.4) is 0 Å². The average molecular weight is 659 g/mol. The van der Waals surface area contributed by atoms with E-state index in [9.17, 15) is 13.2 Å². The number of aromatic nitrogens is 2. The van der Waals surface area contributed by atoms with Crippen LogP contribution in [0, 0.1) is 24.7 Å². The van der Waals surface area contributed by atoms with E-state index in [-0.39, 0.29) is 32.8 Å². The topological polar surface area (TPSA) is 107 Å². The van der Waals surface area contributed by atoms with E-state index < -0.39 is 10.0 Å². The van der Waals surface area contributed by atoms with Gasteiger partial charge in [0.2, 0.25) is 10.0 Å². The fraction of sp³-hybridized carbons (Fsp3) is 0.459. The fourth-order valence-corrected chi connectivity index (χ4v) is 10.4. The number of imidazole rings is 1. The molecule has 1 aromatic heterocycles. The van der Waals surface area contributed by atoms with Crippen molar-refractivity contribution in [3.8, 4) is 0 Å². The van der Waals surface area contributed by atoms with Gasteiger partial charge in [0.25, 0.3) is 5.91 Å². The fourth-order valence-electron chi connectivity index (χ4n) is 9.29. The van der Waals surface area contributed by atoms with Gasteiger partial charge in [-0.25, -0.2) is 18.5 Å². The molecule has 242 valence electrons. The molecule has 3 aliphatic carbocycles. The maximum Gasteiger partial charge on any atom is 0.251 e. The number of carbonyl (C=O) groups is 1. The Hall–Kier alpha value is -3.20. The van der Waals surface area contributed by atoms with E-state index in [1.54, 1.807) is 6.07 Å². The van der Waals surface area contributed by atoms with Gasteiger partial charge in [0, 0.05) is 17.6 Å². The number of primary sulfonamides is 1. The molecule has 2 bridgehead atoms. The molecule has 2 unspecified atom stereocenters. The van der Waals surface area contributed by atoms with Crippen LogP contribution in [0.2, 0.25) is 5.02 Å². The molecule has 3 aliphatic rings. The van der Waals surface area contributed by atoms with Gasteiger partial charge in [0.1, 0.15) is 10.7 Å². The first-order chi connectivity index (χ1) is 22.1. The summed E-state index contributed by atoms with van der Waals surface area (Å²) in [7, 11) is -4.03. The van der Waals surface area contributed by atoms with Crippen molar-refractivity contribution in [3.05, 3.63) is 94.8 Å². The summed E-state index contributed by atoms with van der Waals surface area (Å²) in [4.78, 5) is 17.8. The Kier molecular flexibility index (Phi) is 8.49. The molecule has 3 saturated carbocycles. The molecule has 2 atom stereocenters.